The fourth-order valence-corrected chi connectivity index (χ4v) is 6.40. The summed E-state index contributed by atoms with van der Waals surface area (Å²) in [5.74, 6) is 1.47. The number of anilines is 2. The molecule has 182 valence electrons. The van der Waals surface area contributed by atoms with E-state index in [-0.39, 0.29) is 0 Å². The van der Waals surface area contributed by atoms with E-state index in [4.69, 9.17) is 9.26 Å². The second kappa shape index (κ2) is 8.68. The summed E-state index contributed by atoms with van der Waals surface area (Å²) in [6.07, 6.45) is 5.92. The van der Waals surface area contributed by atoms with Gasteiger partial charge in [0.1, 0.15) is 0 Å². The van der Waals surface area contributed by atoms with Crippen molar-refractivity contribution >= 4 is 11.4 Å². The number of fused-ring (bicyclic) bond motifs is 4. The number of rotatable bonds is 5. The van der Waals surface area contributed by atoms with E-state index in [0.29, 0.717) is 23.9 Å². The van der Waals surface area contributed by atoms with Crippen LogP contribution in [-0.4, -0.2) is 39.7 Å². The topological polar surface area (TPSA) is 74.6 Å². The molecular formula is C29H28N4O3. The normalized spacial score (nSPS) is 22.7. The number of hydrogen-bond acceptors (Lipinski definition) is 6. The molecule has 4 aromatic rings. The third-order valence-electron chi connectivity index (χ3n) is 8.00. The highest BCUT2D eigenvalue weighted by atomic mass is 16.5. The number of benzene rings is 3. The minimum atomic E-state index is -0.565. The molecular weight excluding hydrogens is 452 g/mol. The molecule has 0 spiro atoms. The second-order valence-electron chi connectivity index (χ2n) is 10.0. The monoisotopic (exact) mass is 480 g/mol. The van der Waals surface area contributed by atoms with E-state index in [1.54, 1.807) is 0 Å². The maximum Gasteiger partial charge on any atom is 0.439 e. The average molecular weight is 481 g/mol. The van der Waals surface area contributed by atoms with E-state index in [0.717, 1.165) is 54.2 Å². The average Bonchev–Trinajstić information content (AvgIpc) is 3.45. The standard InChI is InChI=1S/C29H28N4O3/c34-29-30-28(31-36-29)20-10-13-25-27(16-20)35-26-9-5-4-8-24(26)33(25)23-17-21-11-12-22(18-23)32(21)15-14-19-6-2-1-3-7-19/h1-10,13,16,21-23H,11-12,14-15,17-18H2,(H,30,31,34)/t21-,22+,23+. The summed E-state index contributed by atoms with van der Waals surface area (Å²) in [5, 5.41) is 3.85. The molecule has 3 aliphatic heterocycles. The quantitative estimate of drug-likeness (QED) is 0.406. The SMILES string of the molecule is O=c1[nH]c(-c2ccc3c(c2)Oc2ccccc2N3[C@H]2C[C@H]3CC[C@@H](C2)N3CCc2ccccc2)no1. The minimum absolute atomic E-state index is 0.400. The van der Waals surface area contributed by atoms with Gasteiger partial charge in [0.05, 0.1) is 11.4 Å². The highest BCUT2D eigenvalue weighted by molar-refractivity contribution is 5.80. The molecule has 7 nitrogen and oxygen atoms in total. The highest BCUT2D eigenvalue weighted by Crippen LogP contribution is 2.51. The molecule has 2 saturated heterocycles. The molecule has 1 N–H and O–H groups in total. The first-order valence-electron chi connectivity index (χ1n) is 12.8. The molecule has 3 aromatic carbocycles. The lowest BCUT2D eigenvalue weighted by Crippen LogP contribution is -2.50. The zero-order valence-corrected chi connectivity index (χ0v) is 20.0. The first-order chi connectivity index (χ1) is 17.7. The molecule has 0 saturated carbocycles. The van der Waals surface area contributed by atoms with E-state index < -0.39 is 5.76 Å². The van der Waals surface area contributed by atoms with E-state index in [9.17, 15) is 4.79 Å². The van der Waals surface area contributed by atoms with Crippen molar-refractivity contribution in [2.24, 2.45) is 0 Å². The Balaban J connectivity index is 1.18. The molecule has 0 amide bonds. The summed E-state index contributed by atoms with van der Waals surface area (Å²) in [6, 6.07) is 26.7. The van der Waals surface area contributed by atoms with Crippen molar-refractivity contribution in [1.29, 1.82) is 0 Å². The Labute approximate surface area is 209 Å². The van der Waals surface area contributed by atoms with Crippen LogP contribution in [0.2, 0.25) is 0 Å². The van der Waals surface area contributed by atoms with Crippen LogP contribution in [0.3, 0.4) is 0 Å². The van der Waals surface area contributed by atoms with Gasteiger partial charge in [-0.15, -0.1) is 0 Å². The predicted molar refractivity (Wildman–Crippen MR) is 138 cm³/mol. The van der Waals surface area contributed by atoms with Gasteiger partial charge in [-0.3, -0.25) is 14.4 Å². The predicted octanol–water partition coefficient (Wildman–Crippen LogP) is 5.51. The number of nitrogens with one attached hydrogen (secondary N) is 1. The lowest BCUT2D eigenvalue weighted by atomic mass is 9.93. The number of ether oxygens (including phenoxy) is 1. The largest absolute Gasteiger partial charge is 0.453 e. The summed E-state index contributed by atoms with van der Waals surface area (Å²) >= 11 is 0. The van der Waals surface area contributed by atoms with Crippen molar-refractivity contribution in [1.82, 2.24) is 15.0 Å². The Morgan fingerprint density at radius 1 is 0.861 bits per heavy atom. The van der Waals surface area contributed by atoms with Gasteiger partial charge in [-0.05, 0) is 68.0 Å². The Kier molecular flexibility index (Phi) is 5.17. The Morgan fingerprint density at radius 3 is 2.39 bits per heavy atom. The van der Waals surface area contributed by atoms with Gasteiger partial charge in [0.25, 0.3) is 0 Å². The van der Waals surface area contributed by atoms with Gasteiger partial charge in [-0.1, -0.05) is 47.6 Å². The van der Waals surface area contributed by atoms with Gasteiger partial charge in [0.2, 0.25) is 0 Å². The Hall–Kier alpha value is -3.84. The van der Waals surface area contributed by atoms with Crippen molar-refractivity contribution in [3.8, 4) is 22.9 Å². The van der Waals surface area contributed by atoms with Crippen LogP contribution in [0.15, 0.2) is 82.1 Å². The van der Waals surface area contributed by atoms with Crippen molar-refractivity contribution < 1.29 is 9.26 Å². The summed E-state index contributed by atoms with van der Waals surface area (Å²) in [6.45, 7) is 1.13. The van der Waals surface area contributed by atoms with Crippen LogP contribution >= 0.6 is 0 Å². The maximum atomic E-state index is 11.5. The number of aromatic nitrogens is 2. The molecule has 2 fully saturated rings. The van der Waals surface area contributed by atoms with Crippen LogP contribution in [0.1, 0.15) is 31.2 Å². The van der Waals surface area contributed by atoms with Crippen LogP contribution < -0.4 is 15.4 Å². The highest BCUT2D eigenvalue weighted by Gasteiger charge is 2.44. The fourth-order valence-electron chi connectivity index (χ4n) is 6.40. The van der Waals surface area contributed by atoms with Gasteiger partial charge in [-0.2, -0.15) is 0 Å². The molecule has 36 heavy (non-hydrogen) atoms. The lowest BCUT2D eigenvalue weighted by Gasteiger charge is -2.46. The molecule has 7 heteroatoms. The van der Waals surface area contributed by atoms with Gasteiger partial charge < -0.3 is 9.64 Å². The third-order valence-corrected chi connectivity index (χ3v) is 8.00. The van der Waals surface area contributed by atoms with Crippen LogP contribution in [0, 0.1) is 0 Å². The first-order valence-corrected chi connectivity index (χ1v) is 12.8. The van der Waals surface area contributed by atoms with E-state index >= 15 is 0 Å². The molecule has 2 bridgehead atoms. The molecule has 3 aliphatic rings. The molecule has 4 heterocycles. The summed E-state index contributed by atoms with van der Waals surface area (Å²) in [4.78, 5) is 19.4. The van der Waals surface area contributed by atoms with Gasteiger partial charge in [0.15, 0.2) is 17.3 Å². The van der Waals surface area contributed by atoms with Crippen molar-refractivity contribution in [2.75, 3.05) is 11.4 Å². The molecule has 0 aliphatic carbocycles. The zero-order chi connectivity index (χ0) is 24.1. The van der Waals surface area contributed by atoms with Crippen molar-refractivity contribution in [3.63, 3.8) is 0 Å². The van der Waals surface area contributed by atoms with E-state index in [1.807, 2.05) is 24.3 Å². The van der Waals surface area contributed by atoms with Crippen LogP contribution in [0.25, 0.3) is 11.4 Å². The molecule has 3 atom stereocenters. The second-order valence-corrected chi connectivity index (χ2v) is 10.0. The third kappa shape index (κ3) is 3.71. The van der Waals surface area contributed by atoms with Crippen LogP contribution in [-0.2, 0) is 6.42 Å². The summed E-state index contributed by atoms with van der Waals surface area (Å²) in [7, 11) is 0. The van der Waals surface area contributed by atoms with E-state index in [2.05, 4.69) is 68.5 Å². The van der Waals surface area contributed by atoms with Gasteiger partial charge in [0, 0.05) is 30.2 Å². The number of hydrogen-bond donors (Lipinski definition) is 1. The van der Waals surface area contributed by atoms with Crippen molar-refractivity contribution in [3.05, 3.63) is 88.9 Å². The first kappa shape index (κ1) is 21.4. The number of piperidine rings is 1. The van der Waals surface area contributed by atoms with Crippen molar-refractivity contribution in [2.45, 2.75) is 50.2 Å². The molecule has 0 unspecified atom stereocenters. The number of aromatic amines is 1. The lowest BCUT2D eigenvalue weighted by molar-refractivity contribution is 0.129. The van der Waals surface area contributed by atoms with E-state index in [1.165, 1.54) is 18.4 Å². The van der Waals surface area contributed by atoms with Crippen LogP contribution in [0.5, 0.6) is 11.5 Å². The van der Waals surface area contributed by atoms with Gasteiger partial charge >= 0.3 is 5.76 Å². The van der Waals surface area contributed by atoms with Gasteiger partial charge in [-0.25, -0.2) is 4.79 Å². The summed E-state index contributed by atoms with van der Waals surface area (Å²) in [5.41, 5.74) is 4.36. The number of para-hydroxylation sites is 2. The smallest absolute Gasteiger partial charge is 0.439 e. The molecule has 1 aromatic heterocycles. The van der Waals surface area contributed by atoms with Crippen LogP contribution in [0.4, 0.5) is 11.4 Å². The molecule has 0 radical (unpaired) electrons. The maximum absolute atomic E-state index is 11.5. The Morgan fingerprint density at radius 2 is 1.61 bits per heavy atom. The molecule has 7 rings (SSSR count). The minimum Gasteiger partial charge on any atom is -0.453 e. The summed E-state index contributed by atoms with van der Waals surface area (Å²) < 4.78 is 11.1. The number of nitrogens with zero attached hydrogens (tertiary/aromatic N) is 3. The fraction of sp³-hybridized carbons (Fsp3) is 0.310. The zero-order valence-electron chi connectivity index (χ0n) is 20.0. The Bertz CT molecular complexity index is 1430. The number of H-pyrrole nitrogens is 1.